The minimum Gasteiger partial charge on any atom is -0.508 e. The van der Waals surface area contributed by atoms with Crippen molar-refractivity contribution in [1.29, 1.82) is 0 Å². The quantitative estimate of drug-likeness (QED) is 0.751. The van der Waals surface area contributed by atoms with Gasteiger partial charge in [-0.3, -0.25) is 4.79 Å². The standard InChI is InChI=1S/C12H15NO2/c14-9-13-7-2-1-6-12(13)10-4-3-5-11(15)8-10/h3-5,8-9,12,15H,1-2,6-7H2. The molecule has 1 saturated heterocycles. The molecule has 1 fully saturated rings. The molecule has 80 valence electrons. The first-order valence-corrected chi connectivity index (χ1v) is 5.31. The Hall–Kier alpha value is -1.51. The number of amides is 1. The molecule has 3 nitrogen and oxygen atoms in total. The first-order valence-electron chi connectivity index (χ1n) is 5.31. The molecule has 1 amide bonds. The lowest BCUT2D eigenvalue weighted by Crippen LogP contribution is -2.31. The molecule has 1 atom stereocenters. The van der Waals surface area contributed by atoms with Crippen LogP contribution in [0.25, 0.3) is 0 Å². The van der Waals surface area contributed by atoms with Gasteiger partial charge >= 0.3 is 0 Å². The van der Waals surface area contributed by atoms with Crippen LogP contribution in [0, 0.1) is 0 Å². The van der Waals surface area contributed by atoms with Crippen molar-refractivity contribution >= 4 is 6.41 Å². The minimum atomic E-state index is 0.142. The lowest BCUT2D eigenvalue weighted by molar-refractivity contribution is -0.121. The zero-order valence-corrected chi connectivity index (χ0v) is 8.60. The van der Waals surface area contributed by atoms with E-state index in [0.717, 1.165) is 37.8 Å². The van der Waals surface area contributed by atoms with Crippen molar-refractivity contribution in [2.24, 2.45) is 0 Å². The first-order chi connectivity index (χ1) is 7.31. The third-order valence-corrected chi connectivity index (χ3v) is 2.93. The molecular weight excluding hydrogens is 190 g/mol. The molecule has 1 aliphatic rings. The normalized spacial score (nSPS) is 21.3. The Morgan fingerprint density at radius 2 is 2.27 bits per heavy atom. The molecular formula is C12H15NO2. The third kappa shape index (κ3) is 2.12. The number of aromatic hydroxyl groups is 1. The molecule has 0 saturated carbocycles. The number of nitrogens with zero attached hydrogens (tertiary/aromatic N) is 1. The van der Waals surface area contributed by atoms with E-state index in [4.69, 9.17) is 0 Å². The highest BCUT2D eigenvalue weighted by molar-refractivity contribution is 5.49. The van der Waals surface area contributed by atoms with Gasteiger partial charge in [0.15, 0.2) is 0 Å². The van der Waals surface area contributed by atoms with Crippen molar-refractivity contribution in [3.05, 3.63) is 29.8 Å². The predicted octanol–water partition coefficient (Wildman–Crippen LogP) is 2.08. The van der Waals surface area contributed by atoms with Gasteiger partial charge in [0.2, 0.25) is 6.41 Å². The molecule has 0 aromatic heterocycles. The SMILES string of the molecule is O=CN1CCCCC1c1cccc(O)c1. The van der Waals surface area contributed by atoms with Gasteiger partial charge < -0.3 is 10.0 Å². The molecule has 1 aromatic rings. The highest BCUT2D eigenvalue weighted by Gasteiger charge is 2.22. The summed E-state index contributed by atoms with van der Waals surface area (Å²) in [5, 5.41) is 9.40. The van der Waals surface area contributed by atoms with Crippen molar-refractivity contribution in [1.82, 2.24) is 4.90 Å². The zero-order chi connectivity index (χ0) is 10.7. The Bertz CT molecular complexity index is 351. The number of benzene rings is 1. The summed E-state index contributed by atoms with van der Waals surface area (Å²) in [7, 11) is 0. The highest BCUT2D eigenvalue weighted by atomic mass is 16.3. The van der Waals surface area contributed by atoms with Gasteiger partial charge in [-0.05, 0) is 37.0 Å². The predicted molar refractivity (Wildman–Crippen MR) is 57.5 cm³/mol. The number of phenols is 1. The van der Waals surface area contributed by atoms with Crippen LogP contribution in [0.15, 0.2) is 24.3 Å². The van der Waals surface area contributed by atoms with Crippen LogP contribution in [0.1, 0.15) is 30.9 Å². The summed E-state index contributed by atoms with van der Waals surface area (Å²) in [6, 6.07) is 7.32. The van der Waals surface area contributed by atoms with Crippen LogP contribution in [0.5, 0.6) is 5.75 Å². The van der Waals surface area contributed by atoms with Crippen LogP contribution >= 0.6 is 0 Å². The lowest BCUT2D eigenvalue weighted by atomic mass is 9.96. The molecule has 3 heteroatoms. The number of carbonyl (C=O) groups excluding carboxylic acids is 1. The summed E-state index contributed by atoms with van der Waals surface area (Å²) >= 11 is 0. The third-order valence-electron chi connectivity index (χ3n) is 2.93. The number of carbonyl (C=O) groups is 1. The van der Waals surface area contributed by atoms with Crippen LogP contribution in [-0.4, -0.2) is 23.0 Å². The molecule has 15 heavy (non-hydrogen) atoms. The van der Waals surface area contributed by atoms with E-state index >= 15 is 0 Å². The molecule has 0 spiro atoms. The van der Waals surface area contributed by atoms with E-state index in [1.807, 2.05) is 17.0 Å². The van der Waals surface area contributed by atoms with Gasteiger partial charge in [0.1, 0.15) is 5.75 Å². The number of hydrogen-bond donors (Lipinski definition) is 1. The maximum absolute atomic E-state index is 10.9. The molecule has 1 aromatic carbocycles. The van der Waals surface area contributed by atoms with E-state index in [0.29, 0.717) is 0 Å². The Morgan fingerprint density at radius 3 is 3.00 bits per heavy atom. The van der Waals surface area contributed by atoms with E-state index < -0.39 is 0 Å². The minimum absolute atomic E-state index is 0.142. The summed E-state index contributed by atoms with van der Waals surface area (Å²) in [5.41, 5.74) is 1.03. The fraction of sp³-hybridized carbons (Fsp3) is 0.417. The molecule has 2 rings (SSSR count). The highest BCUT2D eigenvalue weighted by Crippen LogP contribution is 2.30. The molecule has 0 aliphatic carbocycles. The summed E-state index contributed by atoms with van der Waals surface area (Å²) in [6.07, 6.45) is 4.12. The number of piperidine rings is 1. The first kappa shape index (κ1) is 10.0. The van der Waals surface area contributed by atoms with E-state index in [2.05, 4.69) is 0 Å². The van der Waals surface area contributed by atoms with E-state index in [-0.39, 0.29) is 11.8 Å². The number of rotatable bonds is 2. The van der Waals surface area contributed by atoms with Gasteiger partial charge in [0.25, 0.3) is 0 Å². The number of hydrogen-bond acceptors (Lipinski definition) is 2. The topological polar surface area (TPSA) is 40.5 Å². The van der Waals surface area contributed by atoms with Crippen LogP contribution in [0.3, 0.4) is 0 Å². The van der Waals surface area contributed by atoms with Crippen LogP contribution < -0.4 is 0 Å². The average Bonchev–Trinajstić information content (AvgIpc) is 2.29. The van der Waals surface area contributed by atoms with Gasteiger partial charge in [0, 0.05) is 6.54 Å². The number of likely N-dealkylation sites (tertiary alicyclic amines) is 1. The number of phenolic OH excluding ortho intramolecular Hbond substituents is 1. The monoisotopic (exact) mass is 205 g/mol. The van der Waals surface area contributed by atoms with Crippen LogP contribution in [0.4, 0.5) is 0 Å². The van der Waals surface area contributed by atoms with Crippen molar-refractivity contribution in [2.45, 2.75) is 25.3 Å². The van der Waals surface area contributed by atoms with Crippen molar-refractivity contribution < 1.29 is 9.90 Å². The molecule has 1 N–H and O–H groups in total. The average molecular weight is 205 g/mol. The largest absolute Gasteiger partial charge is 0.508 e. The van der Waals surface area contributed by atoms with E-state index in [1.165, 1.54) is 0 Å². The molecule has 0 bridgehead atoms. The van der Waals surface area contributed by atoms with Gasteiger partial charge in [0.05, 0.1) is 6.04 Å². The molecule has 1 aliphatic heterocycles. The van der Waals surface area contributed by atoms with Gasteiger partial charge in [-0.1, -0.05) is 12.1 Å². The maximum atomic E-state index is 10.9. The molecule has 0 radical (unpaired) electrons. The fourth-order valence-corrected chi connectivity index (χ4v) is 2.17. The van der Waals surface area contributed by atoms with Crippen LogP contribution in [-0.2, 0) is 4.79 Å². The van der Waals surface area contributed by atoms with E-state index in [1.54, 1.807) is 12.1 Å². The second kappa shape index (κ2) is 4.34. The lowest BCUT2D eigenvalue weighted by Gasteiger charge is -2.33. The summed E-state index contributed by atoms with van der Waals surface area (Å²) in [6.45, 7) is 0.823. The Labute approximate surface area is 89.3 Å². The van der Waals surface area contributed by atoms with Gasteiger partial charge in [-0.2, -0.15) is 0 Å². The van der Waals surface area contributed by atoms with Crippen molar-refractivity contribution in [3.8, 4) is 5.75 Å². The van der Waals surface area contributed by atoms with E-state index in [9.17, 15) is 9.90 Å². The van der Waals surface area contributed by atoms with Crippen molar-refractivity contribution in [3.63, 3.8) is 0 Å². The maximum Gasteiger partial charge on any atom is 0.210 e. The second-order valence-electron chi connectivity index (χ2n) is 3.95. The summed E-state index contributed by atoms with van der Waals surface area (Å²) in [4.78, 5) is 12.7. The summed E-state index contributed by atoms with van der Waals surface area (Å²) < 4.78 is 0. The zero-order valence-electron chi connectivity index (χ0n) is 8.60. The van der Waals surface area contributed by atoms with Crippen LogP contribution in [0.2, 0.25) is 0 Å². The Balaban J connectivity index is 2.23. The fourth-order valence-electron chi connectivity index (χ4n) is 2.17. The van der Waals surface area contributed by atoms with Gasteiger partial charge in [-0.25, -0.2) is 0 Å². The smallest absolute Gasteiger partial charge is 0.210 e. The Morgan fingerprint density at radius 1 is 1.40 bits per heavy atom. The Kier molecular flexibility index (Phi) is 2.90. The molecule has 1 heterocycles. The second-order valence-corrected chi connectivity index (χ2v) is 3.95. The van der Waals surface area contributed by atoms with Crippen molar-refractivity contribution in [2.75, 3.05) is 6.54 Å². The molecule has 1 unspecified atom stereocenters. The van der Waals surface area contributed by atoms with Gasteiger partial charge in [-0.15, -0.1) is 0 Å². The summed E-state index contributed by atoms with van der Waals surface area (Å²) in [5.74, 6) is 0.268.